The van der Waals surface area contributed by atoms with Gasteiger partial charge in [-0.2, -0.15) is 0 Å². The van der Waals surface area contributed by atoms with E-state index < -0.39 is 12.2 Å². The van der Waals surface area contributed by atoms with E-state index in [0.717, 1.165) is 28.8 Å². The van der Waals surface area contributed by atoms with Gasteiger partial charge in [0.25, 0.3) is 0 Å². The van der Waals surface area contributed by atoms with Gasteiger partial charge in [0.1, 0.15) is 5.75 Å². The van der Waals surface area contributed by atoms with E-state index in [4.69, 9.17) is 10.5 Å². The lowest BCUT2D eigenvalue weighted by Crippen LogP contribution is -2.48. The van der Waals surface area contributed by atoms with Crippen LogP contribution in [0.1, 0.15) is 29.2 Å². The molecule has 0 radical (unpaired) electrons. The van der Waals surface area contributed by atoms with E-state index in [2.05, 4.69) is 17.7 Å². The number of carbonyl (C=O) groups is 2. The summed E-state index contributed by atoms with van der Waals surface area (Å²) in [5.41, 5.74) is 11.3. The zero-order valence-corrected chi connectivity index (χ0v) is 17.4. The highest BCUT2D eigenvalue weighted by molar-refractivity contribution is 5.98. The van der Waals surface area contributed by atoms with E-state index >= 15 is 0 Å². The van der Waals surface area contributed by atoms with E-state index in [1.807, 2.05) is 36.9 Å². The lowest BCUT2D eigenvalue weighted by atomic mass is 9.92. The van der Waals surface area contributed by atoms with Crippen molar-refractivity contribution in [1.82, 2.24) is 0 Å². The van der Waals surface area contributed by atoms with Crippen LogP contribution in [-0.4, -0.2) is 31.8 Å². The van der Waals surface area contributed by atoms with E-state index in [1.165, 1.54) is 12.7 Å². The molecule has 0 saturated carbocycles. The second-order valence-corrected chi connectivity index (χ2v) is 7.79. The number of methoxy groups -OCH3 is 1. The summed E-state index contributed by atoms with van der Waals surface area (Å²) in [5, 5.41) is 0. The molecule has 154 valence electrons. The van der Waals surface area contributed by atoms with Crippen molar-refractivity contribution in [2.24, 2.45) is 11.7 Å². The van der Waals surface area contributed by atoms with E-state index in [1.54, 1.807) is 12.1 Å². The molecule has 0 aliphatic carbocycles. The van der Waals surface area contributed by atoms with Crippen molar-refractivity contribution >= 4 is 17.7 Å². The zero-order chi connectivity index (χ0) is 21.1. The van der Waals surface area contributed by atoms with Crippen LogP contribution in [0.25, 0.3) is 0 Å². The summed E-state index contributed by atoms with van der Waals surface area (Å²) < 4.78 is 9.64. The van der Waals surface area contributed by atoms with Gasteiger partial charge in [-0.25, -0.2) is 4.79 Å². The smallest absolute Gasteiger partial charge is 0.437 e. The number of rotatable bonds is 4. The van der Waals surface area contributed by atoms with Crippen molar-refractivity contribution in [3.63, 3.8) is 0 Å². The van der Waals surface area contributed by atoms with Crippen LogP contribution in [0, 0.1) is 19.8 Å². The van der Waals surface area contributed by atoms with E-state index in [0.29, 0.717) is 24.6 Å². The zero-order valence-electron chi connectivity index (χ0n) is 17.4. The van der Waals surface area contributed by atoms with Crippen LogP contribution in [0.15, 0.2) is 36.4 Å². The molecule has 0 bridgehead atoms. The number of ether oxygens (including phenoxy) is 2. The van der Waals surface area contributed by atoms with Gasteiger partial charge in [-0.15, -0.1) is 0 Å². The number of fused-ring (bicyclic) bond motifs is 1. The second kappa shape index (κ2) is 8.66. The molecule has 1 amide bonds. The van der Waals surface area contributed by atoms with Crippen molar-refractivity contribution in [3.8, 4) is 5.75 Å². The molecule has 0 aromatic heterocycles. The third-order valence-corrected chi connectivity index (χ3v) is 5.39. The number of amides is 1. The number of hydrogen-bond donors (Lipinski definition) is 1. The Labute approximate surface area is 171 Å². The first-order chi connectivity index (χ1) is 13.8. The van der Waals surface area contributed by atoms with Gasteiger partial charge in [-0.3, -0.25) is 4.79 Å². The van der Waals surface area contributed by atoms with Crippen LogP contribution in [0.2, 0.25) is 0 Å². The lowest BCUT2D eigenvalue weighted by molar-refractivity contribution is -0.120. The monoisotopic (exact) mass is 396 g/mol. The summed E-state index contributed by atoms with van der Waals surface area (Å²) in [6, 6.07) is 10.9. The SMILES string of the molecule is COC(=O)Oc1cc(C)c(CC(N)C(=O)N2CC(C)Cc3ccccc32)c(C)c1. The predicted octanol–water partition coefficient (Wildman–Crippen LogP) is 3.54. The first kappa shape index (κ1) is 20.9. The molecule has 3 rings (SSSR count). The topological polar surface area (TPSA) is 81.9 Å². The van der Waals surface area contributed by atoms with Crippen LogP contribution in [0.5, 0.6) is 5.75 Å². The largest absolute Gasteiger partial charge is 0.513 e. The summed E-state index contributed by atoms with van der Waals surface area (Å²) in [6.45, 7) is 6.66. The van der Waals surface area contributed by atoms with Crippen molar-refractivity contribution in [1.29, 1.82) is 0 Å². The lowest BCUT2D eigenvalue weighted by Gasteiger charge is -2.34. The highest BCUT2D eigenvalue weighted by Crippen LogP contribution is 2.30. The van der Waals surface area contributed by atoms with Gasteiger partial charge in [-0.05, 0) is 73.1 Å². The molecule has 2 atom stereocenters. The summed E-state index contributed by atoms with van der Waals surface area (Å²) >= 11 is 0. The van der Waals surface area contributed by atoms with E-state index in [-0.39, 0.29) is 5.91 Å². The minimum atomic E-state index is -0.763. The number of carbonyl (C=O) groups excluding carboxylic acids is 2. The molecule has 6 heteroatoms. The summed E-state index contributed by atoms with van der Waals surface area (Å²) in [6.07, 6.45) is 0.623. The highest BCUT2D eigenvalue weighted by atomic mass is 16.7. The second-order valence-electron chi connectivity index (χ2n) is 7.79. The Balaban J connectivity index is 1.79. The fourth-order valence-electron chi connectivity index (χ4n) is 3.99. The Morgan fingerprint density at radius 3 is 2.52 bits per heavy atom. The molecule has 2 aromatic carbocycles. The fourth-order valence-corrected chi connectivity index (χ4v) is 3.99. The first-order valence-electron chi connectivity index (χ1n) is 9.81. The molecule has 1 heterocycles. The summed E-state index contributed by atoms with van der Waals surface area (Å²) in [4.78, 5) is 26.4. The van der Waals surface area contributed by atoms with Crippen LogP contribution in [-0.2, 0) is 22.4 Å². The van der Waals surface area contributed by atoms with Gasteiger partial charge in [-0.1, -0.05) is 25.1 Å². The van der Waals surface area contributed by atoms with Gasteiger partial charge in [0.15, 0.2) is 0 Å². The first-order valence-corrected chi connectivity index (χ1v) is 9.81. The third kappa shape index (κ3) is 4.59. The number of benzene rings is 2. The third-order valence-electron chi connectivity index (χ3n) is 5.39. The molecular weight excluding hydrogens is 368 g/mol. The van der Waals surface area contributed by atoms with Crippen molar-refractivity contribution in [3.05, 3.63) is 58.7 Å². The van der Waals surface area contributed by atoms with Gasteiger partial charge >= 0.3 is 6.16 Å². The van der Waals surface area contributed by atoms with Gasteiger partial charge in [0.05, 0.1) is 13.2 Å². The average Bonchev–Trinajstić information content (AvgIpc) is 2.69. The van der Waals surface area contributed by atoms with Gasteiger partial charge in [0, 0.05) is 12.2 Å². The van der Waals surface area contributed by atoms with Crippen molar-refractivity contribution in [2.75, 3.05) is 18.6 Å². The molecule has 0 saturated heterocycles. The molecule has 0 spiro atoms. The maximum absolute atomic E-state index is 13.2. The van der Waals surface area contributed by atoms with Crippen LogP contribution in [0.3, 0.4) is 0 Å². The number of aryl methyl sites for hydroxylation is 2. The highest BCUT2D eigenvalue weighted by Gasteiger charge is 2.29. The van der Waals surface area contributed by atoms with Crippen LogP contribution < -0.4 is 15.4 Å². The Morgan fingerprint density at radius 2 is 1.86 bits per heavy atom. The maximum Gasteiger partial charge on any atom is 0.513 e. The normalized spacial score (nSPS) is 16.7. The molecule has 2 unspecified atom stereocenters. The standard InChI is InChI=1S/C23H28N2O4/c1-14-9-17-7-5-6-8-21(17)25(13-14)22(26)20(24)12-19-15(2)10-18(11-16(19)3)29-23(27)28-4/h5-8,10-11,14,20H,9,12-13,24H2,1-4H3. The fraction of sp³-hybridized carbons (Fsp3) is 0.391. The molecule has 2 aromatic rings. The maximum atomic E-state index is 13.2. The summed E-state index contributed by atoms with van der Waals surface area (Å²) in [5.74, 6) is 0.728. The van der Waals surface area contributed by atoms with Gasteiger partial charge < -0.3 is 20.1 Å². The molecular formula is C23H28N2O4. The Morgan fingerprint density at radius 1 is 1.21 bits per heavy atom. The summed E-state index contributed by atoms with van der Waals surface area (Å²) in [7, 11) is 1.26. The number of nitrogens with zero attached hydrogens (tertiary/aromatic N) is 1. The van der Waals surface area contributed by atoms with Crippen LogP contribution >= 0.6 is 0 Å². The predicted molar refractivity (Wildman–Crippen MR) is 112 cm³/mol. The molecule has 0 fully saturated rings. The molecule has 29 heavy (non-hydrogen) atoms. The minimum Gasteiger partial charge on any atom is -0.437 e. The quantitative estimate of drug-likeness (QED) is 0.631. The minimum absolute atomic E-state index is 0.0716. The Kier molecular flexibility index (Phi) is 6.23. The molecule has 1 aliphatic rings. The molecule has 2 N–H and O–H groups in total. The van der Waals surface area contributed by atoms with Gasteiger partial charge in [0.2, 0.25) is 5.91 Å². The van der Waals surface area contributed by atoms with Crippen LogP contribution in [0.4, 0.5) is 10.5 Å². The van der Waals surface area contributed by atoms with Crippen molar-refractivity contribution in [2.45, 2.75) is 39.7 Å². The Bertz CT molecular complexity index is 902. The van der Waals surface area contributed by atoms with E-state index in [9.17, 15) is 9.59 Å². The molecule has 1 aliphatic heterocycles. The Hall–Kier alpha value is -2.86. The number of nitrogens with two attached hydrogens (primary N) is 1. The number of para-hydroxylation sites is 1. The molecule has 6 nitrogen and oxygen atoms in total. The number of anilines is 1. The average molecular weight is 396 g/mol. The number of hydrogen-bond acceptors (Lipinski definition) is 5. The van der Waals surface area contributed by atoms with Crippen molar-refractivity contribution < 1.29 is 19.1 Å².